The largest absolute Gasteiger partial charge is 0.362 e. The quantitative estimate of drug-likeness (QED) is 0.137. The minimum Gasteiger partial charge on any atom is -0.362 e. The molecular formula is C36H62N4O6. The summed E-state index contributed by atoms with van der Waals surface area (Å²) in [5.74, 6) is -0.773. The highest BCUT2D eigenvalue weighted by molar-refractivity contribution is 5.82. The second kappa shape index (κ2) is 25.2. The maximum absolute atomic E-state index is 12.6. The summed E-state index contributed by atoms with van der Waals surface area (Å²) in [5, 5.41) is 2.86. The molecule has 1 rings (SSSR count). The van der Waals surface area contributed by atoms with Crippen molar-refractivity contribution < 1.29 is 28.7 Å². The predicted octanol–water partition coefficient (Wildman–Crippen LogP) is 5.32. The molecule has 4 amide bonds. The summed E-state index contributed by atoms with van der Waals surface area (Å²) in [6, 6.07) is 7.62. The van der Waals surface area contributed by atoms with Gasteiger partial charge in [-0.25, -0.2) is 0 Å². The highest BCUT2D eigenvalue weighted by Gasteiger charge is 2.17. The minimum absolute atomic E-state index is 0.118. The molecule has 0 aromatic heterocycles. The monoisotopic (exact) mass is 646 g/mol. The molecule has 262 valence electrons. The van der Waals surface area contributed by atoms with E-state index in [1.165, 1.54) is 51.4 Å². The molecule has 0 radical (unpaired) electrons. The van der Waals surface area contributed by atoms with Gasteiger partial charge >= 0.3 is 0 Å². The highest BCUT2D eigenvalue weighted by Crippen LogP contribution is 2.10. The maximum atomic E-state index is 12.6. The van der Waals surface area contributed by atoms with Crippen LogP contribution in [-0.2, 0) is 41.7 Å². The van der Waals surface area contributed by atoms with Crippen LogP contribution in [0.5, 0.6) is 0 Å². The topological polar surface area (TPSA) is 108 Å². The van der Waals surface area contributed by atoms with Gasteiger partial charge in [0.05, 0.1) is 0 Å². The van der Waals surface area contributed by atoms with Gasteiger partial charge in [0.15, 0.2) is 0 Å². The van der Waals surface area contributed by atoms with Crippen molar-refractivity contribution in [2.75, 3.05) is 54.1 Å². The van der Waals surface area contributed by atoms with Crippen molar-refractivity contribution in [1.82, 2.24) is 20.0 Å². The number of hydrogen-bond donors (Lipinski definition) is 1. The molecule has 0 bridgehead atoms. The van der Waals surface area contributed by atoms with E-state index in [2.05, 4.69) is 19.2 Å². The summed E-state index contributed by atoms with van der Waals surface area (Å²) in [4.78, 5) is 54.8. The van der Waals surface area contributed by atoms with Gasteiger partial charge in [-0.3, -0.25) is 19.2 Å². The summed E-state index contributed by atoms with van der Waals surface area (Å²) >= 11 is 0. The van der Waals surface area contributed by atoms with Crippen molar-refractivity contribution >= 4 is 23.6 Å². The standard InChI is InChI=1S/C36H62N4O6/c1-7-9-11-13-15-17-22-38(4)33(41)27-45-28-34(42)40(6)26-32-21-19-20-31(24-32)25-37-36(44)30(3)46-29-35(43)39(5)23-18-16-14-12-10-8-2/h19-21,24,30H,7-18,22-23,25-29H2,1-6H3,(H,37,44). The lowest BCUT2D eigenvalue weighted by Crippen LogP contribution is -2.38. The fraction of sp³-hybridized carbons (Fsp3) is 0.722. The zero-order valence-electron chi connectivity index (χ0n) is 29.6. The summed E-state index contributed by atoms with van der Waals surface area (Å²) in [6.45, 7) is 7.65. The first kappa shape index (κ1) is 41.0. The Morgan fingerprint density at radius 3 is 1.72 bits per heavy atom. The molecule has 0 aliphatic rings. The molecule has 0 heterocycles. The Bertz CT molecular complexity index is 1020. The Hall–Kier alpha value is -2.98. The van der Waals surface area contributed by atoms with Gasteiger partial charge in [0.1, 0.15) is 25.9 Å². The number of nitrogens with zero attached hydrogens (tertiary/aromatic N) is 3. The van der Waals surface area contributed by atoms with E-state index in [0.29, 0.717) is 26.2 Å². The molecule has 1 aromatic carbocycles. The summed E-state index contributed by atoms with van der Waals surface area (Å²) in [6.07, 6.45) is 13.2. The molecule has 0 spiro atoms. The van der Waals surface area contributed by atoms with Gasteiger partial charge in [-0.1, -0.05) is 102 Å². The second-order valence-corrected chi connectivity index (χ2v) is 12.4. The van der Waals surface area contributed by atoms with E-state index in [1.54, 1.807) is 42.8 Å². The van der Waals surface area contributed by atoms with Gasteiger partial charge in [0, 0.05) is 47.3 Å². The van der Waals surface area contributed by atoms with Crippen LogP contribution in [0, 0.1) is 0 Å². The van der Waals surface area contributed by atoms with Crippen LogP contribution < -0.4 is 5.32 Å². The Morgan fingerprint density at radius 1 is 0.674 bits per heavy atom. The summed E-state index contributed by atoms with van der Waals surface area (Å²) in [7, 11) is 5.23. The number of hydrogen-bond acceptors (Lipinski definition) is 6. The Morgan fingerprint density at radius 2 is 1.15 bits per heavy atom. The minimum atomic E-state index is -0.763. The van der Waals surface area contributed by atoms with Gasteiger partial charge in [-0.05, 0) is 30.9 Å². The van der Waals surface area contributed by atoms with E-state index in [-0.39, 0.29) is 43.4 Å². The van der Waals surface area contributed by atoms with Crippen molar-refractivity contribution in [3.05, 3.63) is 35.4 Å². The number of carbonyl (C=O) groups excluding carboxylic acids is 4. The van der Waals surface area contributed by atoms with Crippen molar-refractivity contribution in [1.29, 1.82) is 0 Å². The summed E-state index contributed by atoms with van der Waals surface area (Å²) in [5.41, 5.74) is 1.78. The SMILES string of the molecule is CCCCCCCCN(C)C(=O)COCC(=O)N(C)Cc1cccc(CNC(=O)C(C)OCC(=O)N(C)CCCCCCCC)c1. The van der Waals surface area contributed by atoms with Crippen LogP contribution in [0.3, 0.4) is 0 Å². The second-order valence-electron chi connectivity index (χ2n) is 12.4. The van der Waals surface area contributed by atoms with Crippen LogP contribution in [0.15, 0.2) is 24.3 Å². The molecule has 1 aromatic rings. The van der Waals surface area contributed by atoms with Crippen LogP contribution in [0.1, 0.15) is 109 Å². The van der Waals surface area contributed by atoms with Crippen molar-refractivity contribution in [3.63, 3.8) is 0 Å². The lowest BCUT2D eigenvalue weighted by Gasteiger charge is -2.20. The van der Waals surface area contributed by atoms with Crippen LogP contribution in [0.25, 0.3) is 0 Å². The lowest BCUT2D eigenvalue weighted by molar-refractivity contribution is -0.142. The lowest BCUT2D eigenvalue weighted by atomic mass is 10.1. The molecule has 1 unspecified atom stereocenters. The van der Waals surface area contributed by atoms with E-state index in [0.717, 1.165) is 36.8 Å². The normalized spacial score (nSPS) is 11.6. The summed E-state index contributed by atoms with van der Waals surface area (Å²) < 4.78 is 11.0. The number of amides is 4. The predicted molar refractivity (Wildman–Crippen MR) is 183 cm³/mol. The number of carbonyl (C=O) groups is 4. The van der Waals surface area contributed by atoms with Crippen LogP contribution in [0.2, 0.25) is 0 Å². The van der Waals surface area contributed by atoms with E-state index >= 15 is 0 Å². The van der Waals surface area contributed by atoms with Crippen LogP contribution in [-0.4, -0.2) is 98.5 Å². The molecule has 46 heavy (non-hydrogen) atoms. The number of benzene rings is 1. The molecule has 0 fully saturated rings. The first-order chi connectivity index (χ1) is 22.1. The molecule has 10 heteroatoms. The maximum Gasteiger partial charge on any atom is 0.249 e. The average Bonchev–Trinajstić information content (AvgIpc) is 3.05. The van der Waals surface area contributed by atoms with Crippen molar-refractivity contribution in [3.8, 4) is 0 Å². The number of nitrogens with one attached hydrogen (secondary N) is 1. The number of unbranched alkanes of at least 4 members (excludes halogenated alkanes) is 10. The molecule has 0 aliphatic carbocycles. The highest BCUT2D eigenvalue weighted by atomic mass is 16.5. The number of ether oxygens (including phenoxy) is 2. The third-order valence-electron chi connectivity index (χ3n) is 8.13. The fourth-order valence-corrected chi connectivity index (χ4v) is 4.87. The third kappa shape index (κ3) is 18.9. The van der Waals surface area contributed by atoms with Gasteiger partial charge in [0.2, 0.25) is 23.6 Å². The van der Waals surface area contributed by atoms with Gasteiger partial charge in [-0.2, -0.15) is 0 Å². The van der Waals surface area contributed by atoms with E-state index in [4.69, 9.17) is 9.47 Å². The Kier molecular flexibility index (Phi) is 22.4. The van der Waals surface area contributed by atoms with E-state index < -0.39 is 6.10 Å². The van der Waals surface area contributed by atoms with Gasteiger partial charge in [0.25, 0.3) is 0 Å². The smallest absolute Gasteiger partial charge is 0.249 e. The van der Waals surface area contributed by atoms with Gasteiger partial charge in [-0.15, -0.1) is 0 Å². The Labute approximate surface area is 278 Å². The zero-order valence-corrected chi connectivity index (χ0v) is 29.6. The molecule has 0 saturated carbocycles. The Balaban J connectivity index is 2.34. The molecule has 0 aliphatic heterocycles. The molecule has 1 atom stereocenters. The van der Waals surface area contributed by atoms with E-state index in [9.17, 15) is 19.2 Å². The number of rotatable bonds is 26. The van der Waals surface area contributed by atoms with Crippen molar-refractivity contribution in [2.24, 2.45) is 0 Å². The molecule has 10 nitrogen and oxygen atoms in total. The average molecular weight is 647 g/mol. The van der Waals surface area contributed by atoms with Crippen LogP contribution >= 0.6 is 0 Å². The molecule has 1 N–H and O–H groups in total. The fourth-order valence-electron chi connectivity index (χ4n) is 4.87. The van der Waals surface area contributed by atoms with E-state index in [1.807, 2.05) is 24.3 Å². The van der Waals surface area contributed by atoms with Gasteiger partial charge < -0.3 is 29.5 Å². The molecular weight excluding hydrogens is 584 g/mol. The van der Waals surface area contributed by atoms with Crippen molar-refractivity contribution in [2.45, 2.75) is 117 Å². The van der Waals surface area contributed by atoms with Crippen LogP contribution in [0.4, 0.5) is 0 Å². The number of likely N-dealkylation sites (N-methyl/N-ethyl adjacent to an activating group) is 3. The zero-order chi connectivity index (χ0) is 34.2. The first-order valence-electron chi connectivity index (χ1n) is 17.4. The first-order valence-corrected chi connectivity index (χ1v) is 17.4. The molecule has 0 saturated heterocycles. The third-order valence-corrected chi connectivity index (χ3v) is 8.13.